The summed E-state index contributed by atoms with van der Waals surface area (Å²) in [5.41, 5.74) is 5.77. The van der Waals surface area contributed by atoms with Gasteiger partial charge < -0.3 is 11.1 Å². The lowest BCUT2D eigenvalue weighted by atomic mass is 9.84. The molecule has 4 heteroatoms. The van der Waals surface area contributed by atoms with Gasteiger partial charge in [0.15, 0.2) is 0 Å². The van der Waals surface area contributed by atoms with Crippen molar-refractivity contribution in [3.05, 3.63) is 0 Å². The first-order chi connectivity index (χ1) is 6.72. The third kappa shape index (κ3) is 1.64. The van der Waals surface area contributed by atoms with Crippen LogP contribution in [0.1, 0.15) is 26.2 Å². The molecule has 0 aromatic carbocycles. The predicted molar refractivity (Wildman–Crippen MR) is 54.8 cm³/mol. The fourth-order valence-corrected chi connectivity index (χ4v) is 2.49. The van der Waals surface area contributed by atoms with E-state index in [1.165, 1.54) is 0 Å². The highest BCUT2D eigenvalue weighted by atomic mass is 16.2. The average molecular weight is 197 g/mol. The van der Waals surface area contributed by atoms with Gasteiger partial charge in [0, 0.05) is 25.2 Å². The van der Waals surface area contributed by atoms with Gasteiger partial charge in [0.2, 0.25) is 5.91 Å². The normalized spacial score (nSPS) is 39.0. The number of carbonyl (C=O) groups excluding carboxylic acids is 1. The number of piperazine rings is 1. The van der Waals surface area contributed by atoms with Crippen LogP contribution in [0, 0.1) is 0 Å². The molecule has 1 amide bonds. The first-order valence-corrected chi connectivity index (χ1v) is 5.51. The third-order valence-corrected chi connectivity index (χ3v) is 3.38. The molecule has 1 aliphatic carbocycles. The SMILES string of the molecule is CCC1C(=O)NCCN1C1CC(N)C1. The van der Waals surface area contributed by atoms with Gasteiger partial charge >= 0.3 is 0 Å². The van der Waals surface area contributed by atoms with Gasteiger partial charge in [-0.15, -0.1) is 0 Å². The van der Waals surface area contributed by atoms with Crippen LogP contribution in [0.5, 0.6) is 0 Å². The second kappa shape index (κ2) is 3.87. The van der Waals surface area contributed by atoms with Gasteiger partial charge in [-0.25, -0.2) is 0 Å². The van der Waals surface area contributed by atoms with Crippen molar-refractivity contribution in [1.29, 1.82) is 0 Å². The Hall–Kier alpha value is -0.610. The van der Waals surface area contributed by atoms with Crippen molar-refractivity contribution in [2.24, 2.45) is 5.73 Å². The number of hydrogen-bond donors (Lipinski definition) is 2. The summed E-state index contributed by atoms with van der Waals surface area (Å²) in [7, 11) is 0. The van der Waals surface area contributed by atoms with Gasteiger partial charge in [0.1, 0.15) is 0 Å². The highest BCUT2D eigenvalue weighted by molar-refractivity contribution is 5.82. The minimum atomic E-state index is 0.0845. The Morgan fingerprint density at radius 3 is 2.86 bits per heavy atom. The van der Waals surface area contributed by atoms with Gasteiger partial charge in [-0.05, 0) is 19.3 Å². The molecule has 1 aliphatic heterocycles. The summed E-state index contributed by atoms with van der Waals surface area (Å²) in [4.78, 5) is 13.9. The molecule has 14 heavy (non-hydrogen) atoms. The van der Waals surface area contributed by atoms with Crippen molar-refractivity contribution in [3.8, 4) is 0 Å². The molecule has 80 valence electrons. The van der Waals surface area contributed by atoms with Crippen LogP contribution in [0.3, 0.4) is 0 Å². The van der Waals surface area contributed by atoms with E-state index in [1.807, 2.05) is 0 Å². The minimum absolute atomic E-state index is 0.0845. The number of nitrogens with two attached hydrogens (primary N) is 1. The largest absolute Gasteiger partial charge is 0.353 e. The molecular formula is C10H19N3O. The second-order valence-corrected chi connectivity index (χ2v) is 4.34. The van der Waals surface area contributed by atoms with E-state index in [9.17, 15) is 4.79 Å². The number of hydrogen-bond acceptors (Lipinski definition) is 3. The van der Waals surface area contributed by atoms with Gasteiger partial charge in [0.25, 0.3) is 0 Å². The maximum atomic E-state index is 11.6. The topological polar surface area (TPSA) is 58.4 Å². The second-order valence-electron chi connectivity index (χ2n) is 4.34. The summed E-state index contributed by atoms with van der Waals surface area (Å²) in [6, 6.07) is 1.00. The molecule has 0 aromatic heterocycles. The van der Waals surface area contributed by atoms with E-state index in [2.05, 4.69) is 17.1 Å². The zero-order chi connectivity index (χ0) is 10.1. The highest BCUT2D eigenvalue weighted by Gasteiger charge is 2.38. The maximum absolute atomic E-state index is 11.6. The van der Waals surface area contributed by atoms with Crippen molar-refractivity contribution in [2.45, 2.75) is 44.3 Å². The predicted octanol–water partition coefficient (Wildman–Crippen LogP) is -0.313. The van der Waals surface area contributed by atoms with Crippen LogP contribution in [0.2, 0.25) is 0 Å². The summed E-state index contributed by atoms with van der Waals surface area (Å²) < 4.78 is 0. The standard InChI is InChI=1S/C10H19N3O/c1-2-9-10(14)12-3-4-13(9)8-5-7(11)6-8/h7-9H,2-6,11H2,1H3,(H,12,14). The van der Waals surface area contributed by atoms with E-state index in [4.69, 9.17) is 5.73 Å². The van der Waals surface area contributed by atoms with Gasteiger partial charge in [-0.1, -0.05) is 6.92 Å². The van der Waals surface area contributed by atoms with Crippen LogP contribution in [0.15, 0.2) is 0 Å². The number of amides is 1. The Morgan fingerprint density at radius 1 is 1.57 bits per heavy atom. The molecule has 0 spiro atoms. The molecule has 1 heterocycles. The van der Waals surface area contributed by atoms with Gasteiger partial charge in [-0.2, -0.15) is 0 Å². The number of nitrogens with one attached hydrogen (secondary N) is 1. The smallest absolute Gasteiger partial charge is 0.237 e. The molecule has 0 aromatic rings. The lowest BCUT2D eigenvalue weighted by Gasteiger charge is -2.46. The van der Waals surface area contributed by atoms with Crippen molar-refractivity contribution in [3.63, 3.8) is 0 Å². The van der Waals surface area contributed by atoms with Crippen molar-refractivity contribution >= 4 is 5.91 Å². The molecule has 1 saturated heterocycles. The summed E-state index contributed by atoms with van der Waals surface area (Å²) in [6.45, 7) is 3.85. The highest BCUT2D eigenvalue weighted by Crippen LogP contribution is 2.27. The molecule has 4 nitrogen and oxygen atoms in total. The molecular weight excluding hydrogens is 178 g/mol. The zero-order valence-electron chi connectivity index (χ0n) is 8.70. The van der Waals surface area contributed by atoms with Crippen LogP contribution >= 0.6 is 0 Å². The van der Waals surface area contributed by atoms with Crippen LogP contribution < -0.4 is 11.1 Å². The summed E-state index contributed by atoms with van der Waals surface area (Å²) in [5.74, 6) is 0.194. The van der Waals surface area contributed by atoms with Gasteiger partial charge in [-0.3, -0.25) is 9.69 Å². The first-order valence-electron chi connectivity index (χ1n) is 5.51. The monoisotopic (exact) mass is 197 g/mol. The quantitative estimate of drug-likeness (QED) is 0.638. The summed E-state index contributed by atoms with van der Waals surface area (Å²) in [5, 5.41) is 2.92. The average Bonchev–Trinajstić information content (AvgIpc) is 2.13. The zero-order valence-corrected chi connectivity index (χ0v) is 8.70. The number of rotatable bonds is 2. The molecule has 0 radical (unpaired) electrons. The lowest BCUT2D eigenvalue weighted by molar-refractivity contribution is -0.131. The fraction of sp³-hybridized carbons (Fsp3) is 0.900. The molecule has 1 saturated carbocycles. The maximum Gasteiger partial charge on any atom is 0.237 e. The Kier molecular flexibility index (Phi) is 2.74. The van der Waals surface area contributed by atoms with Gasteiger partial charge in [0.05, 0.1) is 6.04 Å². The van der Waals surface area contributed by atoms with Crippen LogP contribution in [-0.2, 0) is 4.79 Å². The molecule has 3 N–H and O–H groups in total. The van der Waals surface area contributed by atoms with E-state index in [0.717, 1.165) is 32.4 Å². The Labute approximate surface area is 84.8 Å². The molecule has 2 aliphatic rings. The van der Waals surface area contributed by atoms with Crippen LogP contribution in [0.25, 0.3) is 0 Å². The molecule has 1 unspecified atom stereocenters. The minimum Gasteiger partial charge on any atom is -0.353 e. The van der Waals surface area contributed by atoms with E-state index < -0.39 is 0 Å². The van der Waals surface area contributed by atoms with E-state index >= 15 is 0 Å². The molecule has 2 rings (SSSR count). The molecule has 2 fully saturated rings. The fourth-order valence-electron chi connectivity index (χ4n) is 2.49. The summed E-state index contributed by atoms with van der Waals surface area (Å²) in [6.07, 6.45) is 3.02. The van der Waals surface area contributed by atoms with Crippen molar-refractivity contribution < 1.29 is 4.79 Å². The Morgan fingerprint density at radius 2 is 2.29 bits per heavy atom. The van der Waals surface area contributed by atoms with Crippen molar-refractivity contribution in [1.82, 2.24) is 10.2 Å². The van der Waals surface area contributed by atoms with E-state index in [0.29, 0.717) is 12.1 Å². The lowest BCUT2D eigenvalue weighted by Crippen LogP contribution is -2.62. The Bertz CT molecular complexity index is 225. The number of carbonyl (C=O) groups is 1. The van der Waals surface area contributed by atoms with Crippen molar-refractivity contribution in [2.75, 3.05) is 13.1 Å². The number of nitrogens with zero attached hydrogens (tertiary/aromatic N) is 1. The first kappa shape index (κ1) is 9.93. The van der Waals surface area contributed by atoms with E-state index in [1.54, 1.807) is 0 Å². The van der Waals surface area contributed by atoms with Crippen LogP contribution in [0.4, 0.5) is 0 Å². The Balaban J connectivity index is 1.98. The van der Waals surface area contributed by atoms with Crippen LogP contribution in [-0.4, -0.2) is 42.0 Å². The summed E-state index contributed by atoms with van der Waals surface area (Å²) >= 11 is 0. The third-order valence-electron chi connectivity index (χ3n) is 3.38. The molecule has 1 atom stereocenters. The molecule has 0 bridgehead atoms. The van der Waals surface area contributed by atoms with E-state index in [-0.39, 0.29) is 11.9 Å².